The molecule has 0 aliphatic carbocycles. The summed E-state index contributed by atoms with van der Waals surface area (Å²) in [5.74, 6) is -0.774. The Morgan fingerprint density at radius 3 is 2.85 bits per heavy atom. The number of nitriles is 1. The van der Waals surface area contributed by atoms with Crippen molar-refractivity contribution in [2.24, 2.45) is 0 Å². The van der Waals surface area contributed by atoms with E-state index in [1.807, 2.05) is 6.07 Å². The van der Waals surface area contributed by atoms with E-state index in [1.165, 1.54) is 31.3 Å². The summed E-state index contributed by atoms with van der Waals surface area (Å²) in [7, 11) is 0. The molecule has 1 heterocycles. The minimum Gasteiger partial charge on any atom is -0.454 e. The molecular formula is C13H8FN3O3. The van der Waals surface area contributed by atoms with Gasteiger partial charge in [0.1, 0.15) is 17.5 Å². The SMILES string of the molecule is Cc1cc(Oc2ccnc(C#N)c2)c(F)cc1[N+](=O)[O-]. The second kappa shape index (κ2) is 5.32. The van der Waals surface area contributed by atoms with Crippen LogP contribution in [0.5, 0.6) is 11.5 Å². The molecule has 0 aliphatic heterocycles. The molecule has 0 bridgehead atoms. The lowest BCUT2D eigenvalue weighted by Gasteiger charge is -2.08. The highest BCUT2D eigenvalue weighted by Crippen LogP contribution is 2.30. The van der Waals surface area contributed by atoms with E-state index in [-0.39, 0.29) is 28.4 Å². The third-order valence-corrected chi connectivity index (χ3v) is 2.52. The summed E-state index contributed by atoms with van der Waals surface area (Å²) in [6, 6.07) is 6.67. The Hall–Kier alpha value is -3.01. The molecule has 1 aromatic heterocycles. The van der Waals surface area contributed by atoms with Crippen molar-refractivity contribution < 1.29 is 14.1 Å². The number of nitro benzene ring substituents is 1. The first-order chi connectivity index (χ1) is 9.51. The van der Waals surface area contributed by atoms with Gasteiger partial charge in [-0.1, -0.05) is 0 Å². The maximum atomic E-state index is 13.7. The monoisotopic (exact) mass is 273 g/mol. The second-order valence-electron chi connectivity index (χ2n) is 3.92. The first-order valence-corrected chi connectivity index (χ1v) is 5.50. The molecule has 0 atom stereocenters. The predicted molar refractivity (Wildman–Crippen MR) is 66.8 cm³/mol. The Kier molecular flexibility index (Phi) is 3.57. The van der Waals surface area contributed by atoms with E-state index in [4.69, 9.17) is 10.00 Å². The third kappa shape index (κ3) is 2.70. The van der Waals surface area contributed by atoms with Crippen LogP contribution in [0.3, 0.4) is 0 Å². The zero-order chi connectivity index (χ0) is 14.7. The van der Waals surface area contributed by atoms with E-state index in [2.05, 4.69) is 4.98 Å². The average molecular weight is 273 g/mol. The molecule has 100 valence electrons. The Balaban J connectivity index is 2.37. The predicted octanol–water partition coefficient (Wildman–Crippen LogP) is 3.10. The fourth-order valence-electron chi connectivity index (χ4n) is 1.58. The van der Waals surface area contributed by atoms with E-state index in [1.54, 1.807) is 0 Å². The van der Waals surface area contributed by atoms with Gasteiger partial charge in [0.05, 0.1) is 11.0 Å². The van der Waals surface area contributed by atoms with Gasteiger partial charge in [0.25, 0.3) is 5.69 Å². The molecule has 0 amide bonds. The van der Waals surface area contributed by atoms with Gasteiger partial charge >= 0.3 is 0 Å². The Labute approximate surface area is 113 Å². The molecule has 0 unspecified atom stereocenters. The summed E-state index contributed by atoms with van der Waals surface area (Å²) in [6.45, 7) is 1.48. The highest BCUT2D eigenvalue weighted by molar-refractivity contribution is 5.46. The summed E-state index contributed by atoms with van der Waals surface area (Å²) in [5.41, 5.74) is 0.0878. The fraction of sp³-hybridized carbons (Fsp3) is 0.0769. The molecule has 0 spiro atoms. The highest BCUT2D eigenvalue weighted by Gasteiger charge is 2.16. The van der Waals surface area contributed by atoms with Crippen molar-refractivity contribution in [1.29, 1.82) is 5.26 Å². The molecule has 2 rings (SSSR count). The van der Waals surface area contributed by atoms with Gasteiger partial charge in [-0.05, 0) is 19.1 Å². The van der Waals surface area contributed by atoms with Crippen molar-refractivity contribution in [3.63, 3.8) is 0 Å². The number of hydrogen-bond acceptors (Lipinski definition) is 5. The largest absolute Gasteiger partial charge is 0.454 e. The molecule has 0 radical (unpaired) electrons. The molecule has 20 heavy (non-hydrogen) atoms. The molecule has 0 aliphatic rings. The first kappa shape index (κ1) is 13.4. The van der Waals surface area contributed by atoms with Gasteiger partial charge in [-0.2, -0.15) is 5.26 Å². The number of hydrogen-bond donors (Lipinski definition) is 0. The van der Waals surface area contributed by atoms with Crippen LogP contribution >= 0.6 is 0 Å². The number of halogens is 1. The summed E-state index contributed by atoms with van der Waals surface area (Å²) in [6.07, 6.45) is 1.35. The quantitative estimate of drug-likeness (QED) is 0.633. The molecule has 0 N–H and O–H groups in total. The van der Waals surface area contributed by atoms with Crippen LogP contribution < -0.4 is 4.74 Å². The van der Waals surface area contributed by atoms with E-state index in [9.17, 15) is 14.5 Å². The van der Waals surface area contributed by atoms with Crippen LogP contribution in [0.1, 0.15) is 11.3 Å². The summed E-state index contributed by atoms with van der Waals surface area (Å²) in [5, 5.41) is 19.4. The number of rotatable bonds is 3. The maximum absolute atomic E-state index is 13.7. The van der Waals surface area contributed by atoms with Crippen LogP contribution in [-0.4, -0.2) is 9.91 Å². The van der Waals surface area contributed by atoms with Crippen molar-refractivity contribution in [3.05, 3.63) is 57.7 Å². The van der Waals surface area contributed by atoms with Crippen molar-refractivity contribution in [2.45, 2.75) is 6.92 Å². The van der Waals surface area contributed by atoms with E-state index < -0.39 is 10.7 Å². The van der Waals surface area contributed by atoms with Crippen LogP contribution in [0.15, 0.2) is 30.5 Å². The molecule has 0 saturated carbocycles. The third-order valence-electron chi connectivity index (χ3n) is 2.52. The molecular weight excluding hydrogens is 265 g/mol. The van der Waals surface area contributed by atoms with Gasteiger partial charge in [0.15, 0.2) is 11.6 Å². The van der Waals surface area contributed by atoms with Crippen molar-refractivity contribution in [3.8, 4) is 17.6 Å². The highest BCUT2D eigenvalue weighted by atomic mass is 19.1. The average Bonchev–Trinajstić information content (AvgIpc) is 2.42. The molecule has 2 aromatic rings. The number of ether oxygens (including phenoxy) is 1. The molecule has 1 aromatic carbocycles. The van der Waals surface area contributed by atoms with Crippen LogP contribution in [-0.2, 0) is 0 Å². The van der Waals surface area contributed by atoms with Gasteiger partial charge in [-0.25, -0.2) is 9.37 Å². The van der Waals surface area contributed by atoms with E-state index >= 15 is 0 Å². The fourth-order valence-corrected chi connectivity index (χ4v) is 1.58. The van der Waals surface area contributed by atoms with E-state index in [0.717, 1.165) is 6.07 Å². The zero-order valence-electron chi connectivity index (χ0n) is 10.3. The first-order valence-electron chi connectivity index (χ1n) is 5.50. The normalized spacial score (nSPS) is 9.85. The van der Waals surface area contributed by atoms with Gasteiger partial charge in [-0.3, -0.25) is 10.1 Å². The maximum Gasteiger partial charge on any atom is 0.275 e. The van der Waals surface area contributed by atoms with Crippen LogP contribution in [0.2, 0.25) is 0 Å². The number of nitrogens with zero attached hydrogens (tertiary/aromatic N) is 3. The summed E-state index contributed by atoms with van der Waals surface area (Å²) >= 11 is 0. The van der Waals surface area contributed by atoms with Gasteiger partial charge in [0, 0.05) is 17.8 Å². The second-order valence-corrected chi connectivity index (χ2v) is 3.92. The topological polar surface area (TPSA) is 89.0 Å². The smallest absolute Gasteiger partial charge is 0.275 e. The lowest BCUT2D eigenvalue weighted by molar-refractivity contribution is -0.385. The Bertz CT molecular complexity index is 725. The van der Waals surface area contributed by atoms with Crippen molar-refractivity contribution >= 4 is 5.69 Å². The van der Waals surface area contributed by atoms with Crippen LogP contribution in [0.4, 0.5) is 10.1 Å². The van der Waals surface area contributed by atoms with Crippen LogP contribution in [0.25, 0.3) is 0 Å². The molecule has 0 saturated heterocycles. The molecule has 7 heteroatoms. The lowest BCUT2D eigenvalue weighted by atomic mass is 10.2. The number of pyridine rings is 1. The lowest BCUT2D eigenvalue weighted by Crippen LogP contribution is -1.96. The Morgan fingerprint density at radius 2 is 2.20 bits per heavy atom. The van der Waals surface area contributed by atoms with Crippen molar-refractivity contribution in [2.75, 3.05) is 0 Å². The van der Waals surface area contributed by atoms with Gasteiger partial charge < -0.3 is 4.74 Å². The standard InChI is InChI=1S/C13H8FN3O3/c1-8-4-13(11(14)6-12(8)17(18)19)20-10-2-3-16-9(5-10)7-15/h2-6H,1H3. The molecule has 6 nitrogen and oxygen atoms in total. The Morgan fingerprint density at radius 1 is 1.45 bits per heavy atom. The van der Waals surface area contributed by atoms with Gasteiger partial charge in [-0.15, -0.1) is 0 Å². The number of nitro groups is 1. The number of benzene rings is 1. The van der Waals surface area contributed by atoms with Crippen LogP contribution in [0, 0.1) is 34.2 Å². The van der Waals surface area contributed by atoms with Crippen molar-refractivity contribution in [1.82, 2.24) is 4.98 Å². The van der Waals surface area contributed by atoms with Gasteiger partial charge in [0.2, 0.25) is 0 Å². The summed E-state index contributed by atoms with van der Waals surface area (Å²) < 4.78 is 19.0. The minimum atomic E-state index is -0.849. The number of aryl methyl sites for hydroxylation is 1. The summed E-state index contributed by atoms with van der Waals surface area (Å²) in [4.78, 5) is 13.8. The zero-order valence-corrected chi connectivity index (χ0v) is 10.3. The molecule has 0 fully saturated rings. The van der Waals surface area contributed by atoms with E-state index in [0.29, 0.717) is 0 Å². The minimum absolute atomic E-state index is 0.126. The number of aromatic nitrogens is 1.